The second kappa shape index (κ2) is 9.11. The highest BCUT2D eigenvalue weighted by Gasteiger charge is 2.36. The van der Waals surface area contributed by atoms with Gasteiger partial charge < -0.3 is 14.8 Å². The van der Waals surface area contributed by atoms with Gasteiger partial charge in [0.15, 0.2) is 0 Å². The van der Waals surface area contributed by atoms with Crippen LogP contribution in [0, 0.1) is 0 Å². The van der Waals surface area contributed by atoms with Gasteiger partial charge >= 0.3 is 5.97 Å². The molecule has 1 atom stereocenters. The summed E-state index contributed by atoms with van der Waals surface area (Å²) in [5.41, 5.74) is 2.71. The van der Waals surface area contributed by atoms with Gasteiger partial charge in [0, 0.05) is 26.3 Å². The summed E-state index contributed by atoms with van der Waals surface area (Å²) in [6.45, 7) is 4.14. The van der Waals surface area contributed by atoms with Crippen LogP contribution in [0.5, 0.6) is 5.75 Å². The van der Waals surface area contributed by atoms with Gasteiger partial charge in [0.25, 0.3) is 0 Å². The number of benzene rings is 2. The van der Waals surface area contributed by atoms with Crippen molar-refractivity contribution < 1.29 is 14.3 Å². The number of nitrogens with zero attached hydrogens (tertiary/aromatic N) is 3. The summed E-state index contributed by atoms with van der Waals surface area (Å²) in [6, 6.07) is 12.6. The molecule has 0 spiro atoms. The minimum atomic E-state index is -0.573. The molecule has 160 valence electrons. The predicted molar refractivity (Wildman–Crippen MR) is 121 cm³/mol. The number of esters is 1. The average molecular weight is 504 g/mol. The fraction of sp³-hybridized carbons (Fsp3) is 0.227. The van der Waals surface area contributed by atoms with Gasteiger partial charge in [-0.3, -0.25) is 0 Å². The largest absolute Gasteiger partial charge is 0.488 e. The monoisotopic (exact) mass is 502 g/mol. The molecule has 9 heteroatoms. The topological polar surface area (TPSA) is 78.3 Å². The quantitative estimate of drug-likeness (QED) is 0.470. The molecule has 7 nitrogen and oxygen atoms in total. The predicted octanol–water partition coefficient (Wildman–Crippen LogP) is 5.13. The number of ether oxygens (including phenoxy) is 2. The van der Waals surface area contributed by atoms with Crippen LogP contribution in [0.15, 0.2) is 64.5 Å². The number of aromatic nitrogens is 3. The number of carbonyl (C=O) groups is 1. The van der Waals surface area contributed by atoms with Crippen molar-refractivity contribution in [3.8, 4) is 5.75 Å². The Morgan fingerprint density at radius 3 is 2.87 bits per heavy atom. The Bertz CT molecular complexity index is 1160. The standard InChI is InChI=1S/C22H20BrClN4O3/c1-3-30-21(29)19-13(2)27-22-25-12-26-28(22)20(19)16-10-15(23)8-9-18(16)31-11-14-6-4-5-7-17(14)24/h4-10,12,20H,3,11H2,1-2H3,(H,25,26,27). The Hall–Kier alpha value is -2.84. The number of fused-ring (bicyclic) bond motifs is 1. The van der Waals surface area contributed by atoms with E-state index in [1.54, 1.807) is 11.6 Å². The third-order valence-corrected chi connectivity index (χ3v) is 5.76. The number of hydrogen-bond donors (Lipinski definition) is 1. The number of nitrogens with one attached hydrogen (secondary N) is 1. The molecule has 0 amide bonds. The number of halogens is 2. The van der Waals surface area contributed by atoms with Gasteiger partial charge in [-0.1, -0.05) is 45.7 Å². The molecule has 1 aliphatic heterocycles. The molecule has 2 heterocycles. The fourth-order valence-corrected chi connectivity index (χ4v) is 4.06. The van der Waals surface area contributed by atoms with Crippen LogP contribution in [0.3, 0.4) is 0 Å². The zero-order valence-electron chi connectivity index (χ0n) is 16.9. The maximum absolute atomic E-state index is 12.9. The van der Waals surface area contributed by atoms with Gasteiger partial charge in [-0.2, -0.15) is 10.1 Å². The molecule has 4 rings (SSSR count). The zero-order valence-corrected chi connectivity index (χ0v) is 19.3. The van der Waals surface area contributed by atoms with Crippen LogP contribution in [0.2, 0.25) is 5.02 Å². The summed E-state index contributed by atoms with van der Waals surface area (Å²) in [4.78, 5) is 17.2. The van der Waals surface area contributed by atoms with Gasteiger partial charge in [-0.05, 0) is 38.1 Å². The second-order valence-corrected chi connectivity index (χ2v) is 8.20. The summed E-state index contributed by atoms with van der Waals surface area (Å²) in [7, 11) is 0. The minimum Gasteiger partial charge on any atom is -0.488 e. The first-order chi connectivity index (χ1) is 15.0. The Morgan fingerprint density at radius 1 is 1.29 bits per heavy atom. The van der Waals surface area contributed by atoms with Crippen molar-refractivity contribution in [2.75, 3.05) is 11.9 Å². The Balaban J connectivity index is 1.79. The molecule has 0 fully saturated rings. The van der Waals surface area contributed by atoms with Crippen LogP contribution in [0.25, 0.3) is 0 Å². The van der Waals surface area contributed by atoms with Gasteiger partial charge in [-0.15, -0.1) is 0 Å². The molecular formula is C22H20BrClN4O3. The van der Waals surface area contributed by atoms with Crippen LogP contribution in [0.4, 0.5) is 5.95 Å². The average Bonchev–Trinajstić information content (AvgIpc) is 3.21. The lowest BCUT2D eigenvalue weighted by Crippen LogP contribution is -2.30. The summed E-state index contributed by atoms with van der Waals surface area (Å²) >= 11 is 9.82. The lowest BCUT2D eigenvalue weighted by atomic mass is 9.95. The molecule has 0 saturated carbocycles. The second-order valence-electron chi connectivity index (χ2n) is 6.88. The van der Waals surface area contributed by atoms with Gasteiger partial charge in [0.05, 0.1) is 12.2 Å². The van der Waals surface area contributed by atoms with E-state index in [0.29, 0.717) is 28.0 Å². The highest BCUT2D eigenvalue weighted by atomic mass is 79.9. The molecule has 1 aliphatic rings. The van der Waals surface area contributed by atoms with E-state index in [9.17, 15) is 4.79 Å². The summed E-state index contributed by atoms with van der Waals surface area (Å²) in [5.74, 6) is 0.717. The van der Waals surface area contributed by atoms with Crippen molar-refractivity contribution in [1.82, 2.24) is 14.8 Å². The maximum atomic E-state index is 12.9. The molecule has 0 saturated heterocycles. The van der Waals surface area contributed by atoms with E-state index < -0.39 is 12.0 Å². The van der Waals surface area contributed by atoms with E-state index in [4.69, 9.17) is 21.1 Å². The third kappa shape index (κ3) is 4.31. The summed E-state index contributed by atoms with van der Waals surface area (Å²) in [6.07, 6.45) is 1.44. The third-order valence-electron chi connectivity index (χ3n) is 4.90. The number of carbonyl (C=O) groups excluding carboxylic acids is 1. The lowest BCUT2D eigenvalue weighted by Gasteiger charge is -2.29. The van der Waals surface area contributed by atoms with Crippen LogP contribution in [-0.4, -0.2) is 27.3 Å². The van der Waals surface area contributed by atoms with E-state index in [-0.39, 0.29) is 13.2 Å². The van der Waals surface area contributed by atoms with E-state index in [1.807, 2.05) is 49.4 Å². The summed E-state index contributed by atoms with van der Waals surface area (Å²) < 4.78 is 14.0. The molecule has 1 aromatic heterocycles. The zero-order chi connectivity index (χ0) is 22.0. The molecule has 0 bridgehead atoms. The Morgan fingerprint density at radius 2 is 2.10 bits per heavy atom. The van der Waals surface area contributed by atoms with Crippen molar-refractivity contribution in [3.05, 3.63) is 80.7 Å². The highest BCUT2D eigenvalue weighted by Crippen LogP contribution is 2.40. The highest BCUT2D eigenvalue weighted by molar-refractivity contribution is 9.10. The number of hydrogen-bond acceptors (Lipinski definition) is 6. The van der Waals surface area contributed by atoms with Crippen molar-refractivity contribution >= 4 is 39.4 Å². The van der Waals surface area contributed by atoms with Crippen molar-refractivity contribution in [3.63, 3.8) is 0 Å². The first kappa shape index (κ1) is 21.4. The van der Waals surface area contributed by atoms with Crippen LogP contribution in [0.1, 0.15) is 31.0 Å². The molecule has 0 aliphatic carbocycles. The SMILES string of the molecule is CCOC(=O)C1=C(C)Nc2ncnn2C1c1cc(Br)ccc1OCc1ccccc1Cl. The molecule has 31 heavy (non-hydrogen) atoms. The smallest absolute Gasteiger partial charge is 0.338 e. The van der Waals surface area contributed by atoms with Gasteiger partial charge in [-0.25, -0.2) is 9.48 Å². The van der Waals surface area contributed by atoms with Gasteiger partial charge in [0.1, 0.15) is 24.7 Å². The molecule has 1 N–H and O–H groups in total. The molecular weight excluding hydrogens is 484 g/mol. The van der Waals surface area contributed by atoms with Crippen molar-refractivity contribution in [1.29, 1.82) is 0 Å². The van der Waals surface area contributed by atoms with Crippen LogP contribution >= 0.6 is 27.5 Å². The maximum Gasteiger partial charge on any atom is 0.338 e. The number of anilines is 1. The Labute approximate surface area is 193 Å². The molecule has 0 radical (unpaired) electrons. The van der Waals surface area contributed by atoms with Crippen molar-refractivity contribution in [2.24, 2.45) is 0 Å². The minimum absolute atomic E-state index is 0.265. The summed E-state index contributed by atoms with van der Waals surface area (Å²) in [5, 5.41) is 8.11. The van der Waals surface area contributed by atoms with Crippen LogP contribution in [-0.2, 0) is 16.1 Å². The Kier molecular flexibility index (Phi) is 6.29. The first-order valence-corrected chi connectivity index (χ1v) is 10.9. The molecule has 3 aromatic rings. The normalized spacial score (nSPS) is 15.3. The molecule has 2 aromatic carbocycles. The number of rotatable bonds is 6. The fourth-order valence-electron chi connectivity index (χ4n) is 3.49. The van der Waals surface area contributed by atoms with E-state index in [1.165, 1.54) is 6.33 Å². The first-order valence-electron chi connectivity index (χ1n) is 9.69. The molecule has 1 unspecified atom stereocenters. The van der Waals surface area contributed by atoms with Gasteiger partial charge in [0.2, 0.25) is 5.95 Å². The van der Waals surface area contributed by atoms with E-state index >= 15 is 0 Å². The lowest BCUT2D eigenvalue weighted by molar-refractivity contribution is -0.139. The van der Waals surface area contributed by atoms with Crippen molar-refractivity contribution in [2.45, 2.75) is 26.5 Å². The van der Waals surface area contributed by atoms with E-state index in [0.717, 1.165) is 15.6 Å². The van der Waals surface area contributed by atoms with Crippen LogP contribution < -0.4 is 10.1 Å². The van der Waals surface area contributed by atoms with E-state index in [2.05, 4.69) is 31.3 Å². The number of allylic oxidation sites excluding steroid dienone is 1.